The number of halogens is 2. The molecule has 0 aliphatic rings. The molecule has 2 amide bonds. The lowest BCUT2D eigenvalue weighted by Crippen LogP contribution is -2.56. The molecule has 0 aliphatic carbocycles. The maximum absolute atomic E-state index is 14.6. The molecule has 10 heteroatoms. The molecular weight excluding hydrogens is 629 g/mol. The van der Waals surface area contributed by atoms with Crippen LogP contribution >= 0.6 is 23.2 Å². The second-order valence-electron chi connectivity index (χ2n) is 11.8. The van der Waals surface area contributed by atoms with E-state index in [2.05, 4.69) is 5.32 Å². The molecular formula is C35H37Cl2N3O4S. The zero-order valence-electron chi connectivity index (χ0n) is 25.7. The molecule has 0 unspecified atom stereocenters. The summed E-state index contributed by atoms with van der Waals surface area (Å²) in [7, 11) is -4.18. The van der Waals surface area contributed by atoms with Gasteiger partial charge in [-0.25, -0.2) is 8.42 Å². The van der Waals surface area contributed by atoms with Crippen LogP contribution in [-0.2, 0) is 32.6 Å². The van der Waals surface area contributed by atoms with Gasteiger partial charge in [-0.2, -0.15) is 0 Å². The molecule has 0 saturated heterocycles. The molecule has 0 radical (unpaired) electrons. The quantitative estimate of drug-likeness (QED) is 0.186. The van der Waals surface area contributed by atoms with E-state index in [4.69, 9.17) is 23.2 Å². The van der Waals surface area contributed by atoms with Gasteiger partial charge in [0.25, 0.3) is 10.0 Å². The van der Waals surface area contributed by atoms with Crippen molar-refractivity contribution in [1.82, 2.24) is 10.2 Å². The summed E-state index contributed by atoms with van der Waals surface area (Å²) in [5.74, 6) is -0.929. The summed E-state index contributed by atoms with van der Waals surface area (Å²) in [6.45, 7) is 6.82. The lowest BCUT2D eigenvalue weighted by molar-refractivity contribution is -0.140. The maximum Gasteiger partial charge on any atom is 0.264 e. The molecule has 4 rings (SSSR count). The Bertz CT molecular complexity index is 1740. The summed E-state index contributed by atoms with van der Waals surface area (Å²) < 4.78 is 29.3. The van der Waals surface area contributed by atoms with Crippen molar-refractivity contribution in [3.05, 3.63) is 130 Å². The van der Waals surface area contributed by atoms with Gasteiger partial charge in [-0.3, -0.25) is 13.9 Å². The number of nitrogens with one attached hydrogen (secondary N) is 1. The number of anilines is 1. The number of rotatable bonds is 11. The third kappa shape index (κ3) is 8.87. The van der Waals surface area contributed by atoms with Crippen LogP contribution in [0.2, 0.25) is 10.0 Å². The Hall–Kier alpha value is -3.85. The second-order valence-corrected chi connectivity index (χ2v) is 14.5. The highest BCUT2D eigenvalue weighted by Gasteiger charge is 2.36. The van der Waals surface area contributed by atoms with Crippen LogP contribution in [0.1, 0.15) is 37.5 Å². The van der Waals surface area contributed by atoms with E-state index in [0.717, 1.165) is 9.87 Å². The van der Waals surface area contributed by atoms with E-state index in [1.165, 1.54) is 17.0 Å². The molecule has 0 spiro atoms. The van der Waals surface area contributed by atoms with Crippen LogP contribution in [0.25, 0.3) is 0 Å². The fraction of sp³-hybridized carbons (Fsp3) is 0.257. The molecule has 1 atom stereocenters. The Labute approximate surface area is 275 Å². The van der Waals surface area contributed by atoms with Crippen LogP contribution in [-0.4, -0.2) is 43.3 Å². The summed E-state index contributed by atoms with van der Waals surface area (Å²) in [6, 6.07) is 28.4. The lowest BCUT2D eigenvalue weighted by Gasteiger charge is -2.35. The van der Waals surface area contributed by atoms with Gasteiger partial charge in [0.2, 0.25) is 11.8 Å². The number of para-hydroxylation sites is 1. The van der Waals surface area contributed by atoms with Crippen LogP contribution in [0.5, 0.6) is 0 Å². The highest BCUT2D eigenvalue weighted by atomic mass is 35.5. The average molecular weight is 667 g/mol. The molecule has 236 valence electrons. The Balaban J connectivity index is 1.84. The second kappa shape index (κ2) is 14.5. The van der Waals surface area contributed by atoms with E-state index in [-0.39, 0.29) is 23.8 Å². The van der Waals surface area contributed by atoms with Crippen LogP contribution in [0.4, 0.5) is 5.69 Å². The lowest BCUT2D eigenvalue weighted by atomic mass is 10.0. The first-order valence-corrected chi connectivity index (χ1v) is 16.7. The van der Waals surface area contributed by atoms with E-state index in [1.807, 2.05) is 51.1 Å². The number of carbonyl (C=O) groups is 2. The highest BCUT2D eigenvalue weighted by Crippen LogP contribution is 2.28. The predicted octanol–water partition coefficient (Wildman–Crippen LogP) is 7.05. The zero-order chi connectivity index (χ0) is 32.8. The summed E-state index contributed by atoms with van der Waals surface area (Å²) in [5, 5.41) is 3.67. The molecule has 1 N–H and O–H groups in total. The molecule has 0 aromatic heterocycles. The van der Waals surface area contributed by atoms with E-state index in [9.17, 15) is 18.0 Å². The SMILES string of the molecule is Cc1ccccc1N(CC(=O)N(Cc1ccc(Cl)c(Cl)c1)[C@@H](Cc1ccccc1)C(=O)NC(C)(C)C)S(=O)(=O)c1ccccc1. The molecule has 0 bridgehead atoms. The monoisotopic (exact) mass is 665 g/mol. The van der Waals surface area contributed by atoms with Gasteiger partial charge < -0.3 is 10.2 Å². The van der Waals surface area contributed by atoms with Crippen molar-refractivity contribution >= 4 is 50.7 Å². The Morgan fingerprint density at radius 2 is 1.40 bits per heavy atom. The van der Waals surface area contributed by atoms with Crippen molar-refractivity contribution in [3.63, 3.8) is 0 Å². The largest absolute Gasteiger partial charge is 0.350 e. The molecule has 45 heavy (non-hydrogen) atoms. The van der Waals surface area contributed by atoms with Crippen molar-refractivity contribution < 1.29 is 18.0 Å². The van der Waals surface area contributed by atoms with Crippen LogP contribution in [0.3, 0.4) is 0 Å². The Morgan fingerprint density at radius 1 is 0.800 bits per heavy atom. The first-order chi connectivity index (χ1) is 21.3. The normalized spacial score (nSPS) is 12.3. The van der Waals surface area contributed by atoms with E-state index in [0.29, 0.717) is 26.9 Å². The van der Waals surface area contributed by atoms with Crippen molar-refractivity contribution in [1.29, 1.82) is 0 Å². The van der Waals surface area contributed by atoms with E-state index >= 15 is 0 Å². The van der Waals surface area contributed by atoms with Gasteiger partial charge in [0.15, 0.2) is 0 Å². The molecule has 0 saturated carbocycles. The highest BCUT2D eigenvalue weighted by molar-refractivity contribution is 7.92. The molecule has 7 nitrogen and oxygen atoms in total. The fourth-order valence-electron chi connectivity index (χ4n) is 4.92. The van der Waals surface area contributed by atoms with Crippen LogP contribution in [0, 0.1) is 6.92 Å². The molecule has 0 fully saturated rings. The number of benzene rings is 4. The van der Waals surface area contributed by atoms with Crippen molar-refractivity contribution in [2.24, 2.45) is 0 Å². The minimum Gasteiger partial charge on any atom is -0.350 e. The minimum atomic E-state index is -4.18. The van der Waals surface area contributed by atoms with E-state index < -0.39 is 34.1 Å². The number of sulfonamides is 1. The standard InChI is InChI=1S/C35H37Cl2N3O4S/c1-25-13-11-12-18-31(25)40(45(43,44)28-16-9-6-10-17-28)24-33(41)39(23-27-19-20-29(36)30(37)21-27)32(34(42)38-35(2,3)4)22-26-14-7-5-8-15-26/h5-21,32H,22-24H2,1-4H3,(H,38,42)/t32-/m0/s1. The Kier molecular flexibility index (Phi) is 11.0. The predicted molar refractivity (Wildman–Crippen MR) is 181 cm³/mol. The zero-order valence-corrected chi connectivity index (χ0v) is 28.0. The third-order valence-corrected chi connectivity index (χ3v) is 9.61. The Morgan fingerprint density at radius 3 is 2.00 bits per heavy atom. The van der Waals surface area contributed by atoms with Gasteiger partial charge in [-0.1, -0.05) is 96.0 Å². The van der Waals surface area contributed by atoms with E-state index in [1.54, 1.807) is 67.6 Å². The number of hydrogen-bond donors (Lipinski definition) is 1. The number of hydrogen-bond acceptors (Lipinski definition) is 4. The fourth-order valence-corrected chi connectivity index (χ4v) is 6.74. The molecule has 4 aromatic rings. The number of carbonyl (C=O) groups excluding carboxylic acids is 2. The van der Waals surface area contributed by atoms with Gasteiger partial charge in [0.05, 0.1) is 20.6 Å². The molecule has 4 aromatic carbocycles. The van der Waals surface area contributed by atoms with Gasteiger partial charge in [-0.05, 0) is 74.7 Å². The van der Waals surface area contributed by atoms with Crippen molar-refractivity contribution in [2.75, 3.05) is 10.8 Å². The van der Waals surface area contributed by atoms with Gasteiger partial charge >= 0.3 is 0 Å². The summed E-state index contributed by atoms with van der Waals surface area (Å²) in [4.78, 5) is 30.0. The first kappa shape index (κ1) is 34.0. The maximum atomic E-state index is 14.6. The number of amides is 2. The summed E-state index contributed by atoms with van der Waals surface area (Å²) in [5.41, 5.74) is 1.92. The van der Waals surface area contributed by atoms with Crippen molar-refractivity contribution in [2.45, 2.75) is 57.1 Å². The van der Waals surface area contributed by atoms with Crippen molar-refractivity contribution in [3.8, 4) is 0 Å². The number of nitrogens with zero attached hydrogens (tertiary/aromatic N) is 2. The van der Waals surface area contributed by atoms with Gasteiger partial charge in [-0.15, -0.1) is 0 Å². The van der Waals surface area contributed by atoms with Crippen LogP contribution < -0.4 is 9.62 Å². The number of aryl methyl sites for hydroxylation is 1. The average Bonchev–Trinajstić information content (AvgIpc) is 3.00. The first-order valence-electron chi connectivity index (χ1n) is 14.5. The minimum absolute atomic E-state index is 0.0161. The smallest absolute Gasteiger partial charge is 0.264 e. The molecule has 0 heterocycles. The van der Waals surface area contributed by atoms with Gasteiger partial charge in [0.1, 0.15) is 12.6 Å². The summed E-state index contributed by atoms with van der Waals surface area (Å²) >= 11 is 12.5. The van der Waals surface area contributed by atoms with Gasteiger partial charge in [0, 0.05) is 18.5 Å². The topological polar surface area (TPSA) is 86.8 Å². The van der Waals surface area contributed by atoms with Crippen LogP contribution in [0.15, 0.2) is 108 Å². The summed E-state index contributed by atoms with van der Waals surface area (Å²) in [6.07, 6.45) is 0.200. The molecule has 0 aliphatic heterocycles. The third-order valence-electron chi connectivity index (χ3n) is 7.10.